The van der Waals surface area contributed by atoms with Gasteiger partial charge in [-0.1, -0.05) is 18.5 Å². The van der Waals surface area contributed by atoms with E-state index in [1.165, 1.54) is 0 Å². The van der Waals surface area contributed by atoms with Gasteiger partial charge in [-0.2, -0.15) is 0 Å². The number of rotatable bonds is 4. The SMILES string of the molecule is CCc1cc(OC(C)C(N)=O)ccc1Cl. The van der Waals surface area contributed by atoms with Crippen molar-refractivity contribution in [3.05, 3.63) is 28.8 Å². The molecule has 2 N–H and O–H groups in total. The molecule has 0 aromatic heterocycles. The zero-order chi connectivity index (χ0) is 11.4. The maximum Gasteiger partial charge on any atom is 0.258 e. The number of nitrogens with two attached hydrogens (primary N) is 1. The number of carbonyl (C=O) groups excluding carboxylic acids is 1. The van der Waals surface area contributed by atoms with E-state index in [9.17, 15) is 4.79 Å². The summed E-state index contributed by atoms with van der Waals surface area (Å²) in [5.74, 6) is 0.130. The Balaban J connectivity index is 2.83. The van der Waals surface area contributed by atoms with E-state index in [-0.39, 0.29) is 0 Å². The maximum atomic E-state index is 10.8. The van der Waals surface area contributed by atoms with Crippen LogP contribution in [0.4, 0.5) is 0 Å². The van der Waals surface area contributed by atoms with Gasteiger partial charge in [0.15, 0.2) is 6.10 Å². The first-order valence-corrected chi connectivity index (χ1v) is 5.16. The molecule has 0 radical (unpaired) electrons. The fraction of sp³-hybridized carbons (Fsp3) is 0.364. The lowest BCUT2D eigenvalue weighted by atomic mass is 10.1. The molecule has 0 aliphatic rings. The fourth-order valence-corrected chi connectivity index (χ4v) is 1.41. The lowest BCUT2D eigenvalue weighted by molar-refractivity contribution is -0.123. The van der Waals surface area contributed by atoms with Crippen LogP contribution < -0.4 is 10.5 Å². The maximum absolute atomic E-state index is 10.8. The van der Waals surface area contributed by atoms with E-state index in [1.54, 1.807) is 19.1 Å². The zero-order valence-corrected chi connectivity index (χ0v) is 9.54. The van der Waals surface area contributed by atoms with Gasteiger partial charge in [0, 0.05) is 5.02 Å². The summed E-state index contributed by atoms with van der Waals surface area (Å²) in [6.07, 6.45) is 0.192. The number of ether oxygens (including phenoxy) is 1. The molecule has 0 fully saturated rings. The average molecular weight is 228 g/mol. The van der Waals surface area contributed by atoms with Gasteiger partial charge in [-0.25, -0.2) is 0 Å². The first-order chi connectivity index (χ1) is 7.04. The van der Waals surface area contributed by atoms with Crippen molar-refractivity contribution in [3.63, 3.8) is 0 Å². The van der Waals surface area contributed by atoms with Gasteiger partial charge in [0.1, 0.15) is 5.75 Å². The van der Waals surface area contributed by atoms with E-state index in [1.807, 2.05) is 13.0 Å². The molecule has 1 aromatic rings. The second kappa shape index (κ2) is 5.03. The smallest absolute Gasteiger partial charge is 0.258 e. The molecule has 0 spiro atoms. The normalized spacial score (nSPS) is 12.2. The minimum atomic E-state index is -0.629. The van der Waals surface area contributed by atoms with Crippen LogP contribution in [0.15, 0.2) is 18.2 Å². The summed E-state index contributed by atoms with van der Waals surface area (Å²) in [7, 11) is 0. The Kier molecular flexibility index (Phi) is 3.97. The highest BCUT2D eigenvalue weighted by Crippen LogP contribution is 2.23. The van der Waals surface area contributed by atoms with Crippen LogP contribution in [0.25, 0.3) is 0 Å². The Morgan fingerprint density at radius 1 is 1.60 bits per heavy atom. The minimum Gasteiger partial charge on any atom is -0.481 e. The molecular formula is C11H14ClNO2. The quantitative estimate of drug-likeness (QED) is 0.857. The summed E-state index contributed by atoms with van der Waals surface area (Å²) < 4.78 is 5.34. The molecule has 3 nitrogen and oxygen atoms in total. The predicted octanol–water partition coefficient (Wildman–Crippen LogP) is 2.16. The van der Waals surface area contributed by atoms with Gasteiger partial charge < -0.3 is 10.5 Å². The number of halogens is 1. The summed E-state index contributed by atoms with van der Waals surface area (Å²) in [5, 5.41) is 0.705. The molecule has 1 atom stereocenters. The summed E-state index contributed by atoms with van der Waals surface area (Å²) in [6, 6.07) is 5.30. The first kappa shape index (κ1) is 11.9. The number of benzene rings is 1. The molecule has 1 rings (SSSR count). The molecule has 15 heavy (non-hydrogen) atoms. The Morgan fingerprint density at radius 3 is 2.80 bits per heavy atom. The van der Waals surface area contributed by atoms with Gasteiger partial charge in [-0.3, -0.25) is 4.79 Å². The molecule has 0 heterocycles. The number of carbonyl (C=O) groups is 1. The van der Waals surface area contributed by atoms with E-state index in [0.29, 0.717) is 10.8 Å². The number of hydrogen-bond donors (Lipinski definition) is 1. The average Bonchev–Trinajstić information content (AvgIpc) is 2.20. The fourth-order valence-electron chi connectivity index (χ4n) is 1.16. The van der Waals surface area contributed by atoms with E-state index < -0.39 is 12.0 Å². The molecule has 82 valence electrons. The van der Waals surface area contributed by atoms with Gasteiger partial charge in [-0.05, 0) is 37.1 Å². The first-order valence-electron chi connectivity index (χ1n) is 4.79. The predicted molar refractivity (Wildman–Crippen MR) is 60.1 cm³/mol. The van der Waals surface area contributed by atoms with Crippen molar-refractivity contribution in [1.29, 1.82) is 0 Å². The summed E-state index contributed by atoms with van der Waals surface area (Å²) in [6.45, 7) is 3.62. The van der Waals surface area contributed by atoms with Gasteiger partial charge in [-0.15, -0.1) is 0 Å². The Morgan fingerprint density at radius 2 is 2.27 bits per heavy atom. The Labute approximate surface area is 94.2 Å². The standard InChI is InChI=1S/C11H14ClNO2/c1-3-8-6-9(4-5-10(8)12)15-7(2)11(13)14/h4-7H,3H2,1-2H3,(H2,13,14). The summed E-state index contributed by atoms with van der Waals surface area (Å²) >= 11 is 5.95. The van der Waals surface area contributed by atoms with Gasteiger partial charge >= 0.3 is 0 Å². The zero-order valence-electron chi connectivity index (χ0n) is 8.79. The molecule has 0 saturated carbocycles. The third-order valence-electron chi connectivity index (χ3n) is 2.11. The topological polar surface area (TPSA) is 52.3 Å². The molecule has 0 aliphatic carbocycles. The largest absolute Gasteiger partial charge is 0.481 e. The third-order valence-corrected chi connectivity index (χ3v) is 2.48. The van der Waals surface area contributed by atoms with Crippen LogP contribution >= 0.6 is 11.6 Å². The van der Waals surface area contributed by atoms with Crippen LogP contribution in [-0.4, -0.2) is 12.0 Å². The lowest BCUT2D eigenvalue weighted by Gasteiger charge is -2.12. The van der Waals surface area contributed by atoms with Gasteiger partial charge in [0.05, 0.1) is 0 Å². The monoisotopic (exact) mass is 227 g/mol. The number of aryl methyl sites for hydroxylation is 1. The van der Waals surface area contributed by atoms with Crippen LogP contribution in [-0.2, 0) is 11.2 Å². The Hall–Kier alpha value is -1.22. The van der Waals surface area contributed by atoms with Crippen molar-refractivity contribution in [2.45, 2.75) is 26.4 Å². The van der Waals surface area contributed by atoms with Crippen LogP contribution in [0, 0.1) is 0 Å². The summed E-state index contributed by atoms with van der Waals surface area (Å²) in [5.41, 5.74) is 6.09. The molecule has 1 aromatic carbocycles. The van der Waals surface area contributed by atoms with Crippen LogP contribution in [0.1, 0.15) is 19.4 Å². The van der Waals surface area contributed by atoms with Gasteiger partial charge in [0.2, 0.25) is 0 Å². The number of amides is 1. The van der Waals surface area contributed by atoms with E-state index >= 15 is 0 Å². The van der Waals surface area contributed by atoms with Crippen molar-refractivity contribution < 1.29 is 9.53 Å². The van der Waals surface area contributed by atoms with E-state index in [4.69, 9.17) is 22.1 Å². The molecular weight excluding hydrogens is 214 g/mol. The van der Waals surface area contributed by atoms with Crippen molar-refractivity contribution in [2.75, 3.05) is 0 Å². The molecule has 4 heteroatoms. The van der Waals surface area contributed by atoms with E-state index in [0.717, 1.165) is 12.0 Å². The summed E-state index contributed by atoms with van der Waals surface area (Å²) in [4.78, 5) is 10.8. The van der Waals surface area contributed by atoms with Crippen molar-refractivity contribution in [3.8, 4) is 5.75 Å². The highest BCUT2D eigenvalue weighted by molar-refractivity contribution is 6.31. The second-order valence-electron chi connectivity index (χ2n) is 3.27. The lowest BCUT2D eigenvalue weighted by Crippen LogP contribution is -2.30. The molecule has 0 aliphatic heterocycles. The van der Waals surface area contributed by atoms with Crippen LogP contribution in [0.3, 0.4) is 0 Å². The van der Waals surface area contributed by atoms with Crippen LogP contribution in [0.5, 0.6) is 5.75 Å². The molecule has 1 amide bonds. The number of primary amides is 1. The van der Waals surface area contributed by atoms with Crippen LogP contribution in [0.2, 0.25) is 5.02 Å². The minimum absolute atomic E-state index is 0.483. The highest BCUT2D eigenvalue weighted by atomic mass is 35.5. The van der Waals surface area contributed by atoms with Crippen molar-refractivity contribution in [2.24, 2.45) is 5.73 Å². The van der Waals surface area contributed by atoms with Crippen molar-refractivity contribution >= 4 is 17.5 Å². The highest BCUT2D eigenvalue weighted by Gasteiger charge is 2.10. The Bertz CT molecular complexity index is 366. The van der Waals surface area contributed by atoms with Crippen molar-refractivity contribution in [1.82, 2.24) is 0 Å². The molecule has 1 unspecified atom stereocenters. The second-order valence-corrected chi connectivity index (χ2v) is 3.68. The van der Waals surface area contributed by atoms with E-state index in [2.05, 4.69) is 0 Å². The number of hydrogen-bond acceptors (Lipinski definition) is 2. The third kappa shape index (κ3) is 3.13. The van der Waals surface area contributed by atoms with Gasteiger partial charge in [0.25, 0.3) is 5.91 Å². The molecule has 0 bridgehead atoms. The molecule has 0 saturated heterocycles.